The largest absolute Gasteiger partial charge is 0.462 e. The van der Waals surface area contributed by atoms with E-state index in [1.165, 1.54) is 6.92 Å². The van der Waals surface area contributed by atoms with Crippen LogP contribution < -0.4 is 0 Å². The van der Waals surface area contributed by atoms with Crippen molar-refractivity contribution >= 4 is 11.9 Å². The molecular formula is C17H24O6. The number of carbonyl (C=O) groups excluding carboxylic acids is 2. The molecule has 0 aromatic heterocycles. The van der Waals surface area contributed by atoms with Gasteiger partial charge in [-0.05, 0) is 13.8 Å². The van der Waals surface area contributed by atoms with Crippen molar-refractivity contribution in [2.24, 2.45) is 23.7 Å². The van der Waals surface area contributed by atoms with Gasteiger partial charge in [-0.25, -0.2) is 0 Å². The maximum atomic E-state index is 12.1. The minimum Gasteiger partial charge on any atom is -0.462 e. The normalized spacial score (nSPS) is 51.7. The minimum absolute atomic E-state index is 0.205. The summed E-state index contributed by atoms with van der Waals surface area (Å²) in [4.78, 5) is 23.6. The van der Waals surface area contributed by atoms with E-state index in [1.807, 2.05) is 0 Å². The molecule has 6 heteroatoms. The summed E-state index contributed by atoms with van der Waals surface area (Å²) in [6, 6.07) is 0. The lowest BCUT2D eigenvalue weighted by Crippen LogP contribution is -2.47. The number of esters is 2. The summed E-state index contributed by atoms with van der Waals surface area (Å²) in [5.74, 6) is -2.46. The first-order valence-corrected chi connectivity index (χ1v) is 8.06. The average molecular weight is 324 g/mol. The number of aliphatic hydroxyl groups is 2. The average Bonchev–Trinajstić information content (AvgIpc) is 2.82. The summed E-state index contributed by atoms with van der Waals surface area (Å²) in [5.41, 5.74) is -2.36. The molecule has 1 aliphatic heterocycles. The third-order valence-electron chi connectivity index (χ3n) is 5.72. The van der Waals surface area contributed by atoms with Crippen molar-refractivity contribution in [3.8, 4) is 0 Å². The fraction of sp³-hybridized carbons (Fsp3) is 0.765. The number of fused-ring (bicyclic) bond motifs is 3. The lowest BCUT2D eigenvalue weighted by atomic mass is 9.73. The van der Waals surface area contributed by atoms with Crippen LogP contribution in [0.3, 0.4) is 0 Å². The molecule has 2 fully saturated rings. The molecule has 3 rings (SSSR count). The second-order valence-corrected chi connectivity index (χ2v) is 7.61. The Labute approximate surface area is 135 Å². The van der Waals surface area contributed by atoms with Gasteiger partial charge in [-0.1, -0.05) is 19.1 Å². The molecule has 0 amide bonds. The molecule has 0 radical (unpaired) electrons. The van der Waals surface area contributed by atoms with Gasteiger partial charge in [0.25, 0.3) is 0 Å². The van der Waals surface area contributed by atoms with E-state index in [9.17, 15) is 19.8 Å². The molecule has 1 heterocycles. The molecular weight excluding hydrogens is 300 g/mol. The van der Waals surface area contributed by atoms with Gasteiger partial charge in [-0.2, -0.15) is 0 Å². The molecule has 1 saturated carbocycles. The second-order valence-electron chi connectivity index (χ2n) is 7.61. The van der Waals surface area contributed by atoms with Gasteiger partial charge < -0.3 is 19.7 Å². The third kappa shape index (κ3) is 2.48. The lowest BCUT2D eigenvalue weighted by molar-refractivity contribution is -0.154. The van der Waals surface area contributed by atoms with E-state index in [-0.39, 0.29) is 24.2 Å². The van der Waals surface area contributed by atoms with Crippen LogP contribution in [0.1, 0.15) is 34.1 Å². The van der Waals surface area contributed by atoms with Crippen LogP contribution in [0.25, 0.3) is 0 Å². The second kappa shape index (κ2) is 5.05. The summed E-state index contributed by atoms with van der Waals surface area (Å²) in [7, 11) is 0. The Kier molecular flexibility index (Phi) is 3.61. The number of carbonyl (C=O) groups is 2. The Balaban J connectivity index is 2.07. The summed E-state index contributed by atoms with van der Waals surface area (Å²) in [6.07, 6.45) is 2.44. The van der Waals surface area contributed by atoms with Crippen LogP contribution in [0.5, 0.6) is 0 Å². The number of hydrogen-bond acceptors (Lipinski definition) is 6. The highest BCUT2D eigenvalue weighted by Gasteiger charge is 2.63. The highest BCUT2D eigenvalue weighted by atomic mass is 16.6. The molecule has 6 nitrogen and oxygen atoms in total. The smallest absolute Gasteiger partial charge is 0.309 e. The predicted molar refractivity (Wildman–Crippen MR) is 80.1 cm³/mol. The van der Waals surface area contributed by atoms with Gasteiger partial charge in [0.05, 0.1) is 17.1 Å². The van der Waals surface area contributed by atoms with Crippen LogP contribution >= 0.6 is 0 Å². The summed E-state index contributed by atoms with van der Waals surface area (Å²) >= 11 is 0. The Morgan fingerprint density at radius 1 is 1.39 bits per heavy atom. The lowest BCUT2D eigenvalue weighted by Gasteiger charge is -2.38. The van der Waals surface area contributed by atoms with Crippen LogP contribution in [0, 0.1) is 23.7 Å². The first-order chi connectivity index (χ1) is 10.5. The molecule has 8 atom stereocenters. The molecule has 0 spiro atoms. The van der Waals surface area contributed by atoms with E-state index in [1.54, 1.807) is 32.9 Å². The van der Waals surface area contributed by atoms with E-state index < -0.39 is 41.2 Å². The molecule has 2 N–H and O–H groups in total. The number of rotatable bonds is 1. The molecule has 0 aromatic carbocycles. The monoisotopic (exact) mass is 324 g/mol. The van der Waals surface area contributed by atoms with Crippen LogP contribution in [0.2, 0.25) is 0 Å². The third-order valence-corrected chi connectivity index (χ3v) is 5.72. The fourth-order valence-electron chi connectivity index (χ4n) is 4.64. The van der Waals surface area contributed by atoms with E-state index in [4.69, 9.17) is 9.47 Å². The molecule has 23 heavy (non-hydrogen) atoms. The van der Waals surface area contributed by atoms with Gasteiger partial charge in [0.15, 0.2) is 0 Å². The Morgan fingerprint density at radius 3 is 2.65 bits per heavy atom. The van der Waals surface area contributed by atoms with Gasteiger partial charge in [-0.3, -0.25) is 9.59 Å². The van der Waals surface area contributed by atoms with Crippen LogP contribution in [-0.2, 0) is 19.1 Å². The summed E-state index contributed by atoms with van der Waals surface area (Å²) in [5, 5.41) is 21.7. The van der Waals surface area contributed by atoms with Crippen molar-refractivity contribution in [2.75, 3.05) is 0 Å². The molecule has 2 aliphatic carbocycles. The van der Waals surface area contributed by atoms with Gasteiger partial charge >= 0.3 is 11.9 Å². The zero-order chi connectivity index (χ0) is 17.2. The van der Waals surface area contributed by atoms with E-state index in [2.05, 4.69) is 0 Å². The molecule has 128 valence electrons. The van der Waals surface area contributed by atoms with Gasteiger partial charge in [-0.15, -0.1) is 0 Å². The van der Waals surface area contributed by atoms with Crippen LogP contribution in [0.4, 0.5) is 0 Å². The predicted octanol–water partition coefficient (Wildman–Crippen LogP) is 0.804. The maximum Gasteiger partial charge on any atom is 0.309 e. The van der Waals surface area contributed by atoms with Crippen molar-refractivity contribution in [1.82, 2.24) is 0 Å². The van der Waals surface area contributed by atoms with E-state index >= 15 is 0 Å². The molecule has 0 aromatic rings. The quantitative estimate of drug-likeness (QED) is 0.547. The fourth-order valence-corrected chi connectivity index (χ4v) is 4.64. The first-order valence-electron chi connectivity index (χ1n) is 8.06. The van der Waals surface area contributed by atoms with Crippen LogP contribution in [-0.4, -0.2) is 45.6 Å². The molecule has 1 saturated heterocycles. The minimum atomic E-state index is -1.19. The topological polar surface area (TPSA) is 93.1 Å². The van der Waals surface area contributed by atoms with Gasteiger partial charge in [0.2, 0.25) is 0 Å². The van der Waals surface area contributed by atoms with Crippen LogP contribution in [0.15, 0.2) is 12.2 Å². The summed E-state index contributed by atoms with van der Waals surface area (Å²) < 4.78 is 11.0. The molecule has 0 bridgehead atoms. The van der Waals surface area contributed by atoms with Crippen molar-refractivity contribution in [1.29, 1.82) is 0 Å². The van der Waals surface area contributed by atoms with Gasteiger partial charge in [0, 0.05) is 31.1 Å². The standard InChI is InChI=1S/C17H24O6/c1-8-12-11(22-9(2)18)7-17(4,21)10-5-6-16(3,20)13(10)14(12)23-15(8)19/h5-6,8,10-14,20-21H,7H2,1-4H3/t8-,10+,11-,12+,13-,14-,16+,17+/m0/s1. The van der Waals surface area contributed by atoms with Crippen molar-refractivity contribution in [2.45, 2.75) is 57.5 Å². The van der Waals surface area contributed by atoms with Crippen molar-refractivity contribution < 1.29 is 29.3 Å². The van der Waals surface area contributed by atoms with E-state index in [0.717, 1.165) is 0 Å². The summed E-state index contributed by atoms with van der Waals surface area (Å²) in [6.45, 7) is 6.40. The zero-order valence-electron chi connectivity index (χ0n) is 13.9. The molecule has 0 unspecified atom stereocenters. The maximum absolute atomic E-state index is 12.1. The Hall–Kier alpha value is -1.40. The highest BCUT2D eigenvalue weighted by molar-refractivity contribution is 5.75. The molecule has 3 aliphatic rings. The zero-order valence-corrected chi connectivity index (χ0v) is 13.9. The number of hydrogen-bond donors (Lipinski definition) is 2. The van der Waals surface area contributed by atoms with E-state index in [0.29, 0.717) is 0 Å². The SMILES string of the molecule is CC(=O)O[C@H]1C[C@@](C)(O)[C@@H]2C=C[C@@](C)(O)[C@@H]2[C@H]2OC(=O)[C@@H](C)[C@@H]21. The van der Waals surface area contributed by atoms with Crippen molar-refractivity contribution in [3.05, 3.63) is 12.2 Å². The Bertz CT molecular complexity index is 563. The first kappa shape index (κ1) is 16.5. The Morgan fingerprint density at radius 2 is 2.04 bits per heavy atom. The van der Waals surface area contributed by atoms with Gasteiger partial charge in [0.1, 0.15) is 12.2 Å². The highest BCUT2D eigenvalue weighted by Crippen LogP contribution is 2.53. The number of ether oxygens (including phenoxy) is 2. The van der Waals surface area contributed by atoms with Crippen molar-refractivity contribution in [3.63, 3.8) is 0 Å².